The van der Waals surface area contributed by atoms with Gasteiger partial charge in [-0.3, -0.25) is 14.6 Å². The zero-order chi connectivity index (χ0) is 10.7. The first-order valence-corrected chi connectivity index (χ1v) is 4.33. The van der Waals surface area contributed by atoms with E-state index in [0.29, 0.717) is 17.7 Å². The van der Waals surface area contributed by atoms with E-state index in [1.165, 1.54) is 6.07 Å². The molecule has 0 saturated heterocycles. The van der Waals surface area contributed by atoms with Crippen LogP contribution in [-0.4, -0.2) is 16.4 Å². The molecule has 1 N–H and O–H groups in total. The molecule has 2 rings (SSSR count). The Morgan fingerprint density at radius 1 is 1.40 bits per heavy atom. The molecule has 0 spiro atoms. The fourth-order valence-corrected chi connectivity index (χ4v) is 1.37. The smallest absolute Gasteiger partial charge is 0.293 e. The number of carbonyl (C=O) groups excluding carboxylic acids is 1. The summed E-state index contributed by atoms with van der Waals surface area (Å²) in [7, 11) is 0. The lowest BCUT2D eigenvalue weighted by molar-refractivity contribution is -0.129. The van der Waals surface area contributed by atoms with Gasteiger partial charge in [0, 0.05) is 17.6 Å². The number of fused-ring (bicyclic) bond motifs is 1. The standard InChI is InChI=1S/C10H8N2O3/c13-6-15-5-9-7-1-2-10(14)12-8(7)3-4-11-9/h1-4,6H,5H2,(H,12,14). The Hall–Kier alpha value is -2.17. The molecule has 0 aliphatic carbocycles. The van der Waals surface area contributed by atoms with Gasteiger partial charge in [0.2, 0.25) is 5.56 Å². The maximum atomic E-state index is 11.0. The van der Waals surface area contributed by atoms with E-state index in [1.807, 2.05) is 0 Å². The molecule has 76 valence electrons. The van der Waals surface area contributed by atoms with Gasteiger partial charge in [-0.25, -0.2) is 0 Å². The van der Waals surface area contributed by atoms with Crippen LogP contribution in [0.2, 0.25) is 0 Å². The maximum absolute atomic E-state index is 11.0. The second kappa shape index (κ2) is 3.91. The van der Waals surface area contributed by atoms with Crippen LogP contribution in [0.3, 0.4) is 0 Å². The Kier molecular flexibility index (Phi) is 2.45. The Labute approximate surface area is 84.7 Å². The highest BCUT2D eigenvalue weighted by atomic mass is 16.5. The number of hydrogen-bond donors (Lipinski definition) is 1. The molecule has 2 aromatic heterocycles. The highest BCUT2D eigenvalue weighted by Crippen LogP contribution is 2.12. The van der Waals surface area contributed by atoms with Gasteiger partial charge in [-0.2, -0.15) is 0 Å². The fourth-order valence-electron chi connectivity index (χ4n) is 1.37. The third-order valence-corrected chi connectivity index (χ3v) is 2.02. The van der Waals surface area contributed by atoms with Gasteiger partial charge in [-0.1, -0.05) is 0 Å². The van der Waals surface area contributed by atoms with Gasteiger partial charge in [0.05, 0.1) is 11.2 Å². The molecule has 2 aromatic rings. The Morgan fingerprint density at radius 3 is 3.07 bits per heavy atom. The van der Waals surface area contributed by atoms with E-state index in [0.717, 1.165) is 5.39 Å². The third kappa shape index (κ3) is 1.85. The lowest BCUT2D eigenvalue weighted by Crippen LogP contribution is -2.04. The van der Waals surface area contributed by atoms with Crippen LogP contribution in [0.15, 0.2) is 29.2 Å². The first-order chi connectivity index (χ1) is 7.31. The van der Waals surface area contributed by atoms with Gasteiger partial charge in [0.15, 0.2) is 0 Å². The first kappa shape index (κ1) is 9.39. The number of aromatic nitrogens is 2. The fraction of sp³-hybridized carbons (Fsp3) is 0.100. The number of pyridine rings is 2. The van der Waals surface area contributed by atoms with Crippen LogP contribution in [0.1, 0.15) is 5.69 Å². The predicted molar refractivity (Wildman–Crippen MR) is 53.2 cm³/mol. The average Bonchev–Trinajstić information content (AvgIpc) is 2.25. The summed E-state index contributed by atoms with van der Waals surface area (Å²) in [5, 5.41) is 0.777. The van der Waals surface area contributed by atoms with Crippen LogP contribution in [-0.2, 0) is 16.1 Å². The minimum atomic E-state index is -0.170. The number of nitrogens with zero attached hydrogens (tertiary/aromatic N) is 1. The monoisotopic (exact) mass is 204 g/mol. The van der Waals surface area contributed by atoms with Gasteiger partial charge in [-0.05, 0) is 12.1 Å². The van der Waals surface area contributed by atoms with E-state index in [1.54, 1.807) is 18.3 Å². The lowest BCUT2D eigenvalue weighted by Gasteiger charge is -2.03. The van der Waals surface area contributed by atoms with Crippen LogP contribution in [0, 0.1) is 0 Å². The van der Waals surface area contributed by atoms with Crippen molar-refractivity contribution in [2.75, 3.05) is 0 Å². The molecule has 0 radical (unpaired) electrons. The summed E-state index contributed by atoms with van der Waals surface area (Å²) in [6.07, 6.45) is 1.56. The van der Waals surface area contributed by atoms with Crippen molar-refractivity contribution in [3.8, 4) is 0 Å². The first-order valence-electron chi connectivity index (χ1n) is 4.33. The van der Waals surface area contributed by atoms with Crippen LogP contribution in [0.4, 0.5) is 0 Å². The normalized spacial score (nSPS) is 10.1. The Balaban J connectivity index is 2.55. The van der Waals surface area contributed by atoms with E-state index in [2.05, 4.69) is 14.7 Å². The Morgan fingerprint density at radius 2 is 2.27 bits per heavy atom. The van der Waals surface area contributed by atoms with Crippen molar-refractivity contribution in [3.63, 3.8) is 0 Å². The lowest BCUT2D eigenvalue weighted by atomic mass is 10.2. The minimum absolute atomic E-state index is 0.104. The van der Waals surface area contributed by atoms with Crippen LogP contribution in [0.5, 0.6) is 0 Å². The minimum Gasteiger partial charge on any atom is -0.461 e. The summed E-state index contributed by atoms with van der Waals surface area (Å²) in [6.45, 7) is 0.471. The summed E-state index contributed by atoms with van der Waals surface area (Å²) in [5.74, 6) is 0. The van der Waals surface area contributed by atoms with Gasteiger partial charge < -0.3 is 9.72 Å². The number of aromatic amines is 1. The molecule has 0 atom stereocenters. The van der Waals surface area contributed by atoms with E-state index < -0.39 is 0 Å². The Bertz CT molecular complexity index is 548. The zero-order valence-corrected chi connectivity index (χ0v) is 7.77. The summed E-state index contributed by atoms with van der Waals surface area (Å²) in [5.41, 5.74) is 1.13. The number of H-pyrrole nitrogens is 1. The molecule has 0 aliphatic heterocycles. The van der Waals surface area contributed by atoms with Crippen molar-refractivity contribution in [1.82, 2.24) is 9.97 Å². The molecule has 0 saturated carbocycles. The zero-order valence-electron chi connectivity index (χ0n) is 7.77. The highest BCUT2D eigenvalue weighted by Gasteiger charge is 2.02. The van der Waals surface area contributed by atoms with Crippen molar-refractivity contribution in [2.24, 2.45) is 0 Å². The third-order valence-electron chi connectivity index (χ3n) is 2.02. The topological polar surface area (TPSA) is 72.0 Å². The number of ether oxygens (including phenoxy) is 1. The number of rotatable bonds is 3. The van der Waals surface area contributed by atoms with Crippen molar-refractivity contribution in [2.45, 2.75) is 6.61 Å². The van der Waals surface area contributed by atoms with Crippen LogP contribution in [0.25, 0.3) is 10.9 Å². The molecule has 0 aromatic carbocycles. The summed E-state index contributed by atoms with van der Waals surface area (Å²) in [4.78, 5) is 27.8. The van der Waals surface area contributed by atoms with Gasteiger partial charge in [-0.15, -0.1) is 0 Å². The van der Waals surface area contributed by atoms with Crippen molar-refractivity contribution >= 4 is 17.4 Å². The van der Waals surface area contributed by atoms with E-state index >= 15 is 0 Å². The molecule has 2 heterocycles. The molecule has 0 bridgehead atoms. The second-order valence-corrected chi connectivity index (χ2v) is 2.95. The van der Waals surface area contributed by atoms with Crippen molar-refractivity contribution < 1.29 is 9.53 Å². The molecule has 15 heavy (non-hydrogen) atoms. The van der Waals surface area contributed by atoms with Gasteiger partial charge in [0.1, 0.15) is 6.61 Å². The van der Waals surface area contributed by atoms with E-state index in [4.69, 9.17) is 0 Å². The molecule has 0 amide bonds. The molecular weight excluding hydrogens is 196 g/mol. The summed E-state index contributed by atoms with van der Waals surface area (Å²) in [6, 6.07) is 4.76. The number of hydrogen-bond acceptors (Lipinski definition) is 4. The second-order valence-electron chi connectivity index (χ2n) is 2.95. The maximum Gasteiger partial charge on any atom is 0.293 e. The van der Waals surface area contributed by atoms with Gasteiger partial charge in [0.25, 0.3) is 6.47 Å². The number of carbonyl (C=O) groups is 1. The molecule has 5 nitrogen and oxygen atoms in total. The highest BCUT2D eigenvalue weighted by molar-refractivity contribution is 5.80. The molecule has 5 heteroatoms. The SMILES string of the molecule is O=COCc1nccc2[nH]c(=O)ccc12. The molecule has 0 unspecified atom stereocenters. The van der Waals surface area contributed by atoms with Gasteiger partial charge >= 0.3 is 0 Å². The number of nitrogens with one attached hydrogen (secondary N) is 1. The summed E-state index contributed by atoms with van der Waals surface area (Å²) >= 11 is 0. The molecule has 0 fully saturated rings. The quantitative estimate of drug-likeness (QED) is 0.743. The largest absolute Gasteiger partial charge is 0.461 e. The van der Waals surface area contributed by atoms with Crippen LogP contribution >= 0.6 is 0 Å². The summed E-state index contributed by atoms with van der Waals surface area (Å²) < 4.78 is 4.62. The molecule has 0 aliphatic rings. The van der Waals surface area contributed by atoms with Crippen molar-refractivity contribution in [3.05, 3.63) is 40.4 Å². The van der Waals surface area contributed by atoms with E-state index in [-0.39, 0.29) is 12.2 Å². The van der Waals surface area contributed by atoms with Crippen LogP contribution < -0.4 is 5.56 Å². The predicted octanol–water partition coefficient (Wildman–Crippen LogP) is 0.596. The van der Waals surface area contributed by atoms with Crippen molar-refractivity contribution in [1.29, 1.82) is 0 Å². The average molecular weight is 204 g/mol. The molecular formula is C10H8N2O3. The van der Waals surface area contributed by atoms with E-state index in [9.17, 15) is 9.59 Å².